The number of carboxylic acids is 1. The highest BCUT2D eigenvalue weighted by molar-refractivity contribution is 7.99. The van der Waals surface area contributed by atoms with Crippen LogP contribution in [0.4, 0.5) is 0 Å². The monoisotopic (exact) mass is 223 g/mol. The van der Waals surface area contributed by atoms with E-state index in [4.69, 9.17) is 10.8 Å². The van der Waals surface area contributed by atoms with Crippen molar-refractivity contribution in [2.24, 2.45) is 5.73 Å². The fourth-order valence-electron chi connectivity index (χ4n) is 1.87. The first-order valence-electron chi connectivity index (χ1n) is 4.83. The van der Waals surface area contributed by atoms with E-state index in [0.717, 1.165) is 11.3 Å². The van der Waals surface area contributed by atoms with Crippen LogP contribution in [-0.2, 0) is 4.79 Å². The fraction of sp³-hybridized carbons (Fsp3) is 0.364. The molecule has 1 aliphatic heterocycles. The summed E-state index contributed by atoms with van der Waals surface area (Å²) in [5.74, 6) is -0.0936. The molecule has 1 heterocycles. The standard InChI is InChI=1S/C11H13NO2S/c12-11(10(13)14)6-7-15-9(11)8-4-2-1-3-5-8/h1-5,9H,6-7,12H2,(H,13,14)/t9?,11-/m0/s1. The SMILES string of the molecule is N[C@@]1(C(=O)O)CCSC1c1ccccc1. The zero-order valence-corrected chi connectivity index (χ0v) is 9.04. The van der Waals surface area contributed by atoms with Gasteiger partial charge in [-0.25, -0.2) is 0 Å². The number of hydrogen-bond donors (Lipinski definition) is 2. The van der Waals surface area contributed by atoms with Gasteiger partial charge in [0.05, 0.1) is 5.25 Å². The largest absolute Gasteiger partial charge is 0.480 e. The summed E-state index contributed by atoms with van der Waals surface area (Å²) in [6.07, 6.45) is 0.534. The minimum Gasteiger partial charge on any atom is -0.480 e. The topological polar surface area (TPSA) is 63.3 Å². The normalized spacial score (nSPS) is 30.3. The number of carboxylic acid groups (broad SMARTS) is 1. The second kappa shape index (κ2) is 3.87. The molecule has 0 amide bonds. The van der Waals surface area contributed by atoms with Crippen molar-refractivity contribution in [2.45, 2.75) is 17.2 Å². The minimum absolute atomic E-state index is 0.129. The Morgan fingerprint density at radius 2 is 2.13 bits per heavy atom. The second-order valence-corrected chi connectivity index (χ2v) is 4.97. The van der Waals surface area contributed by atoms with Crippen LogP contribution in [0.2, 0.25) is 0 Å². The summed E-state index contributed by atoms with van der Waals surface area (Å²) in [6.45, 7) is 0. The molecular formula is C11H13NO2S. The van der Waals surface area contributed by atoms with Gasteiger partial charge in [0.25, 0.3) is 0 Å². The van der Waals surface area contributed by atoms with Crippen molar-refractivity contribution in [3.63, 3.8) is 0 Å². The van der Waals surface area contributed by atoms with Crippen LogP contribution < -0.4 is 5.73 Å². The quantitative estimate of drug-likeness (QED) is 0.800. The van der Waals surface area contributed by atoms with Gasteiger partial charge in [-0.3, -0.25) is 4.79 Å². The van der Waals surface area contributed by atoms with Gasteiger partial charge in [-0.05, 0) is 17.7 Å². The first-order chi connectivity index (χ1) is 7.14. The zero-order valence-electron chi connectivity index (χ0n) is 8.22. The van der Waals surface area contributed by atoms with E-state index < -0.39 is 11.5 Å². The summed E-state index contributed by atoms with van der Waals surface area (Å²) >= 11 is 1.62. The lowest BCUT2D eigenvalue weighted by atomic mass is 9.89. The molecule has 3 nitrogen and oxygen atoms in total. The van der Waals surface area contributed by atoms with Gasteiger partial charge in [0.15, 0.2) is 0 Å². The molecule has 0 aromatic heterocycles. The molecule has 80 valence electrons. The van der Waals surface area contributed by atoms with Crippen LogP contribution in [0.15, 0.2) is 30.3 Å². The Hall–Kier alpha value is -1.00. The van der Waals surface area contributed by atoms with Gasteiger partial charge in [-0.1, -0.05) is 30.3 Å². The summed E-state index contributed by atoms with van der Waals surface area (Å²) in [5, 5.41) is 9.04. The maximum Gasteiger partial charge on any atom is 0.325 e. The predicted molar refractivity (Wildman–Crippen MR) is 60.8 cm³/mol. The van der Waals surface area contributed by atoms with Crippen molar-refractivity contribution in [2.75, 3.05) is 5.75 Å². The van der Waals surface area contributed by atoms with Crippen molar-refractivity contribution < 1.29 is 9.90 Å². The molecular weight excluding hydrogens is 210 g/mol. The molecule has 1 fully saturated rings. The van der Waals surface area contributed by atoms with Gasteiger partial charge in [-0.15, -0.1) is 0 Å². The number of aliphatic carboxylic acids is 1. The lowest BCUT2D eigenvalue weighted by Gasteiger charge is -2.26. The number of carbonyl (C=O) groups is 1. The fourth-order valence-corrected chi connectivity index (χ4v) is 3.42. The van der Waals surface area contributed by atoms with E-state index in [1.165, 1.54) is 0 Å². The highest BCUT2D eigenvalue weighted by atomic mass is 32.2. The van der Waals surface area contributed by atoms with E-state index in [1.54, 1.807) is 11.8 Å². The van der Waals surface area contributed by atoms with Crippen molar-refractivity contribution >= 4 is 17.7 Å². The highest BCUT2D eigenvalue weighted by Gasteiger charge is 2.47. The molecule has 3 N–H and O–H groups in total. The van der Waals surface area contributed by atoms with Gasteiger partial charge in [0.1, 0.15) is 5.54 Å². The maximum atomic E-state index is 11.2. The van der Waals surface area contributed by atoms with Gasteiger partial charge >= 0.3 is 5.97 Å². The van der Waals surface area contributed by atoms with E-state index in [0.29, 0.717) is 6.42 Å². The summed E-state index contributed by atoms with van der Waals surface area (Å²) in [7, 11) is 0. The Morgan fingerprint density at radius 3 is 2.73 bits per heavy atom. The number of rotatable bonds is 2. The molecule has 1 saturated heterocycles. The number of hydrogen-bond acceptors (Lipinski definition) is 3. The molecule has 0 spiro atoms. The van der Waals surface area contributed by atoms with Crippen molar-refractivity contribution in [1.29, 1.82) is 0 Å². The van der Waals surface area contributed by atoms with Crippen LogP contribution in [0.5, 0.6) is 0 Å². The number of benzene rings is 1. The second-order valence-electron chi connectivity index (χ2n) is 3.76. The lowest BCUT2D eigenvalue weighted by Crippen LogP contribution is -2.49. The van der Waals surface area contributed by atoms with Gasteiger partial charge in [0, 0.05) is 0 Å². The Kier molecular flexibility index (Phi) is 2.71. The molecule has 4 heteroatoms. The average Bonchev–Trinajstić information content (AvgIpc) is 2.63. The van der Waals surface area contributed by atoms with Crippen LogP contribution in [0.25, 0.3) is 0 Å². The third kappa shape index (κ3) is 1.75. The Bertz CT molecular complexity index is 368. The van der Waals surface area contributed by atoms with E-state index in [9.17, 15) is 4.79 Å². The van der Waals surface area contributed by atoms with Crippen molar-refractivity contribution in [3.8, 4) is 0 Å². The molecule has 1 unspecified atom stereocenters. The molecule has 0 saturated carbocycles. The van der Waals surface area contributed by atoms with Gasteiger partial charge in [-0.2, -0.15) is 11.8 Å². The highest BCUT2D eigenvalue weighted by Crippen LogP contribution is 2.45. The van der Waals surface area contributed by atoms with Crippen LogP contribution in [-0.4, -0.2) is 22.4 Å². The summed E-state index contributed by atoms with van der Waals surface area (Å²) in [6, 6.07) is 9.62. The van der Waals surface area contributed by atoms with Crippen LogP contribution in [0, 0.1) is 0 Å². The number of thioether (sulfide) groups is 1. The van der Waals surface area contributed by atoms with Gasteiger partial charge in [0.2, 0.25) is 0 Å². The first-order valence-corrected chi connectivity index (χ1v) is 5.88. The molecule has 2 atom stereocenters. The third-order valence-corrected chi connectivity index (χ3v) is 4.23. The molecule has 2 rings (SSSR count). The molecule has 0 aliphatic carbocycles. The average molecular weight is 223 g/mol. The first kappa shape index (κ1) is 10.5. The molecule has 1 aromatic carbocycles. The van der Waals surface area contributed by atoms with Crippen LogP contribution >= 0.6 is 11.8 Å². The summed E-state index contributed by atoms with van der Waals surface area (Å²) in [5.41, 5.74) is 5.86. The van der Waals surface area contributed by atoms with E-state index in [1.807, 2.05) is 30.3 Å². The lowest BCUT2D eigenvalue weighted by molar-refractivity contribution is -0.143. The zero-order chi connectivity index (χ0) is 10.9. The molecule has 1 aromatic rings. The number of nitrogens with two attached hydrogens (primary N) is 1. The maximum absolute atomic E-state index is 11.2. The Morgan fingerprint density at radius 1 is 1.47 bits per heavy atom. The van der Waals surface area contributed by atoms with E-state index in [-0.39, 0.29) is 5.25 Å². The third-order valence-electron chi connectivity index (χ3n) is 2.77. The smallest absolute Gasteiger partial charge is 0.325 e. The molecule has 1 aliphatic rings. The van der Waals surface area contributed by atoms with Crippen LogP contribution in [0.1, 0.15) is 17.2 Å². The van der Waals surface area contributed by atoms with E-state index >= 15 is 0 Å². The molecule has 15 heavy (non-hydrogen) atoms. The predicted octanol–water partition coefficient (Wildman–Crippen LogP) is 1.65. The van der Waals surface area contributed by atoms with Gasteiger partial charge < -0.3 is 10.8 Å². The minimum atomic E-state index is -1.11. The van der Waals surface area contributed by atoms with E-state index in [2.05, 4.69) is 0 Å². The Labute approximate surface area is 92.7 Å². The van der Waals surface area contributed by atoms with Crippen molar-refractivity contribution in [1.82, 2.24) is 0 Å². The summed E-state index contributed by atoms with van der Waals surface area (Å²) < 4.78 is 0. The van der Waals surface area contributed by atoms with Crippen molar-refractivity contribution in [3.05, 3.63) is 35.9 Å². The molecule has 0 bridgehead atoms. The molecule has 0 radical (unpaired) electrons. The summed E-state index contributed by atoms with van der Waals surface area (Å²) in [4.78, 5) is 11.2. The Balaban J connectivity index is 2.34. The van der Waals surface area contributed by atoms with Crippen LogP contribution in [0.3, 0.4) is 0 Å².